The van der Waals surface area contributed by atoms with E-state index in [0.29, 0.717) is 42.5 Å². The van der Waals surface area contributed by atoms with Crippen LogP contribution in [0.3, 0.4) is 0 Å². The molecular weight excluding hydrogens is 434 g/mol. The third-order valence-electron chi connectivity index (χ3n) is 4.94. The van der Waals surface area contributed by atoms with Gasteiger partial charge in [0, 0.05) is 23.9 Å². The molecule has 1 aromatic carbocycles. The average Bonchev–Trinajstić information content (AvgIpc) is 3.02. The number of sulfonamides is 1. The number of hydrogen-bond acceptors (Lipinski definition) is 7. The van der Waals surface area contributed by atoms with E-state index in [-0.39, 0.29) is 10.9 Å². The van der Waals surface area contributed by atoms with Gasteiger partial charge in [-0.15, -0.1) is 0 Å². The molecule has 1 atom stereocenters. The van der Waals surface area contributed by atoms with Gasteiger partial charge in [-0.1, -0.05) is 0 Å². The first-order chi connectivity index (χ1) is 15.2. The summed E-state index contributed by atoms with van der Waals surface area (Å²) in [6.07, 6.45) is 3.91. The Bertz CT molecular complexity index is 1250. The number of fused-ring (bicyclic) bond motifs is 2. The van der Waals surface area contributed by atoms with E-state index in [9.17, 15) is 13.2 Å². The number of anilines is 1. The molecule has 0 bridgehead atoms. The van der Waals surface area contributed by atoms with Crippen molar-refractivity contribution in [1.29, 1.82) is 0 Å². The Labute approximate surface area is 186 Å². The van der Waals surface area contributed by atoms with Crippen molar-refractivity contribution in [2.75, 3.05) is 18.5 Å². The maximum absolute atomic E-state index is 12.8. The van der Waals surface area contributed by atoms with Crippen molar-refractivity contribution in [1.82, 2.24) is 19.5 Å². The Hall–Kier alpha value is -3.18. The highest BCUT2D eigenvalue weighted by molar-refractivity contribution is 7.89. The molecule has 0 spiro atoms. The van der Waals surface area contributed by atoms with Crippen LogP contribution in [0, 0.1) is 0 Å². The van der Waals surface area contributed by atoms with Gasteiger partial charge in [0.05, 0.1) is 42.2 Å². The molecule has 4 rings (SSSR count). The summed E-state index contributed by atoms with van der Waals surface area (Å²) in [5.74, 6) is 0.347. The molecule has 1 unspecified atom stereocenters. The van der Waals surface area contributed by atoms with E-state index >= 15 is 0 Å². The van der Waals surface area contributed by atoms with Crippen molar-refractivity contribution in [3.63, 3.8) is 0 Å². The Balaban J connectivity index is 1.46. The first kappa shape index (κ1) is 22.0. The monoisotopic (exact) mass is 459 g/mol. The molecule has 0 saturated heterocycles. The molecule has 3 aromatic rings. The van der Waals surface area contributed by atoms with Gasteiger partial charge in [0.25, 0.3) is 0 Å². The fourth-order valence-corrected chi connectivity index (χ4v) is 4.52. The normalized spacial score (nSPS) is 14.9. The molecule has 170 valence electrons. The van der Waals surface area contributed by atoms with E-state index in [4.69, 9.17) is 9.47 Å². The first-order valence-electron chi connectivity index (χ1n) is 10.3. The fraction of sp³-hybridized carbons (Fsp3) is 0.381. The van der Waals surface area contributed by atoms with E-state index in [0.717, 1.165) is 5.39 Å². The summed E-state index contributed by atoms with van der Waals surface area (Å²) in [6, 6.07) is 5.25. The van der Waals surface area contributed by atoms with Crippen molar-refractivity contribution >= 4 is 32.7 Å². The fourth-order valence-electron chi connectivity index (χ4n) is 3.30. The zero-order valence-electron chi connectivity index (χ0n) is 18.0. The first-order valence-corrected chi connectivity index (χ1v) is 11.8. The van der Waals surface area contributed by atoms with Gasteiger partial charge in [0.2, 0.25) is 15.9 Å². The second kappa shape index (κ2) is 8.75. The number of hydrogen-bond donors (Lipinski definition) is 2. The summed E-state index contributed by atoms with van der Waals surface area (Å²) in [5, 5.41) is 7.77. The number of benzene rings is 1. The van der Waals surface area contributed by atoms with E-state index in [1.807, 2.05) is 13.8 Å². The van der Waals surface area contributed by atoms with Crippen molar-refractivity contribution < 1.29 is 22.7 Å². The van der Waals surface area contributed by atoms with Gasteiger partial charge < -0.3 is 14.8 Å². The highest BCUT2D eigenvalue weighted by atomic mass is 32.2. The van der Waals surface area contributed by atoms with Crippen LogP contribution < -0.4 is 19.5 Å². The van der Waals surface area contributed by atoms with E-state index in [1.165, 1.54) is 25.3 Å². The van der Waals surface area contributed by atoms with E-state index in [2.05, 4.69) is 20.1 Å². The molecule has 1 aliphatic heterocycles. The number of nitrogens with zero attached hydrogens (tertiary/aromatic N) is 3. The lowest BCUT2D eigenvalue weighted by Gasteiger charge is -2.15. The van der Waals surface area contributed by atoms with Crippen LogP contribution >= 0.6 is 0 Å². The summed E-state index contributed by atoms with van der Waals surface area (Å²) in [7, 11) is -3.96. The largest absolute Gasteiger partial charge is 0.490 e. The zero-order chi connectivity index (χ0) is 22.9. The van der Waals surface area contributed by atoms with Gasteiger partial charge in [-0.2, -0.15) is 9.82 Å². The van der Waals surface area contributed by atoms with Gasteiger partial charge in [-0.3, -0.25) is 4.79 Å². The SMILES string of the molecule is CC(NS(=O)(=O)c1ccc2c(c1)OCCCO2)C(=O)Nc1cnc2c(cnn2C(C)C)c1. The molecule has 2 aromatic heterocycles. The van der Waals surface area contributed by atoms with Crippen LogP contribution in [0.4, 0.5) is 5.69 Å². The molecule has 3 heterocycles. The maximum Gasteiger partial charge on any atom is 0.242 e. The summed E-state index contributed by atoms with van der Waals surface area (Å²) < 4.78 is 40.9. The predicted octanol–water partition coefficient (Wildman–Crippen LogP) is 2.48. The Kier molecular flexibility index (Phi) is 6.02. The van der Waals surface area contributed by atoms with Crippen molar-refractivity contribution in [2.24, 2.45) is 0 Å². The number of carbonyl (C=O) groups is 1. The highest BCUT2D eigenvalue weighted by Crippen LogP contribution is 2.32. The van der Waals surface area contributed by atoms with Gasteiger partial charge in [0.15, 0.2) is 17.1 Å². The predicted molar refractivity (Wildman–Crippen MR) is 118 cm³/mol. The Morgan fingerprint density at radius 1 is 1.09 bits per heavy atom. The minimum Gasteiger partial charge on any atom is -0.490 e. The maximum atomic E-state index is 12.8. The summed E-state index contributed by atoms with van der Waals surface area (Å²) >= 11 is 0. The average molecular weight is 460 g/mol. The van der Waals surface area contributed by atoms with Gasteiger partial charge >= 0.3 is 0 Å². The molecule has 0 saturated carbocycles. The second-order valence-electron chi connectivity index (χ2n) is 7.81. The summed E-state index contributed by atoms with van der Waals surface area (Å²) in [5.41, 5.74) is 1.16. The third-order valence-corrected chi connectivity index (χ3v) is 6.48. The number of carbonyl (C=O) groups excluding carboxylic acids is 1. The van der Waals surface area contributed by atoms with Crippen LogP contribution in [-0.2, 0) is 14.8 Å². The molecule has 0 aliphatic carbocycles. The van der Waals surface area contributed by atoms with Crippen LogP contribution in [0.2, 0.25) is 0 Å². The molecule has 1 aliphatic rings. The molecule has 1 amide bonds. The zero-order valence-corrected chi connectivity index (χ0v) is 18.8. The number of aromatic nitrogens is 3. The number of nitrogens with one attached hydrogen (secondary N) is 2. The number of ether oxygens (including phenoxy) is 2. The lowest BCUT2D eigenvalue weighted by Crippen LogP contribution is -2.41. The number of pyridine rings is 1. The highest BCUT2D eigenvalue weighted by Gasteiger charge is 2.24. The Morgan fingerprint density at radius 2 is 1.84 bits per heavy atom. The molecule has 32 heavy (non-hydrogen) atoms. The lowest BCUT2D eigenvalue weighted by molar-refractivity contribution is -0.117. The van der Waals surface area contributed by atoms with Crippen molar-refractivity contribution in [2.45, 2.75) is 44.2 Å². The third kappa shape index (κ3) is 4.53. The van der Waals surface area contributed by atoms with Crippen LogP contribution in [0.5, 0.6) is 11.5 Å². The molecule has 10 nitrogen and oxygen atoms in total. The topological polar surface area (TPSA) is 124 Å². The molecule has 0 radical (unpaired) electrons. The van der Waals surface area contributed by atoms with Crippen LogP contribution in [-0.4, -0.2) is 48.3 Å². The second-order valence-corrected chi connectivity index (χ2v) is 9.52. The van der Waals surface area contributed by atoms with Crippen LogP contribution in [0.25, 0.3) is 11.0 Å². The van der Waals surface area contributed by atoms with Gasteiger partial charge in [-0.05, 0) is 39.0 Å². The minimum atomic E-state index is -3.96. The Morgan fingerprint density at radius 3 is 2.59 bits per heavy atom. The van der Waals surface area contributed by atoms with Crippen LogP contribution in [0.1, 0.15) is 33.2 Å². The van der Waals surface area contributed by atoms with Crippen molar-refractivity contribution in [3.05, 3.63) is 36.7 Å². The molecular formula is C21H25N5O5S. The smallest absolute Gasteiger partial charge is 0.242 e. The molecule has 11 heteroatoms. The number of amides is 1. The standard InChI is InChI=1S/C21H25N5O5S/c1-13(2)26-20-15(11-23-26)9-16(12-22-20)24-21(27)14(3)25-32(28,29)17-5-6-18-19(10-17)31-8-4-7-30-18/h5-6,9-14,25H,4,7-8H2,1-3H3,(H,24,27). The summed E-state index contributed by atoms with van der Waals surface area (Å²) in [6.45, 7) is 6.42. The molecule has 2 N–H and O–H groups in total. The number of rotatable bonds is 6. The summed E-state index contributed by atoms with van der Waals surface area (Å²) in [4.78, 5) is 17.0. The minimum absolute atomic E-state index is 0.00872. The lowest BCUT2D eigenvalue weighted by atomic mass is 10.3. The van der Waals surface area contributed by atoms with E-state index in [1.54, 1.807) is 23.0 Å². The van der Waals surface area contributed by atoms with Crippen molar-refractivity contribution in [3.8, 4) is 11.5 Å². The van der Waals surface area contributed by atoms with E-state index < -0.39 is 22.0 Å². The quantitative estimate of drug-likeness (QED) is 0.580. The van der Waals surface area contributed by atoms with Crippen LogP contribution in [0.15, 0.2) is 41.6 Å². The van der Waals surface area contributed by atoms with Gasteiger partial charge in [-0.25, -0.2) is 18.1 Å². The molecule has 0 fully saturated rings. The van der Waals surface area contributed by atoms with Gasteiger partial charge in [0.1, 0.15) is 0 Å².